The molecule has 0 radical (unpaired) electrons. The van der Waals surface area contributed by atoms with Gasteiger partial charge in [-0.2, -0.15) is 0 Å². The lowest BCUT2D eigenvalue weighted by Crippen LogP contribution is -2.13. The van der Waals surface area contributed by atoms with Gasteiger partial charge in [0.2, 0.25) is 0 Å². The second-order valence-corrected chi connectivity index (χ2v) is 6.31. The van der Waals surface area contributed by atoms with Gasteiger partial charge in [-0.15, -0.1) is 0 Å². The number of aryl methyl sites for hydroxylation is 2. The first kappa shape index (κ1) is 13.8. The van der Waals surface area contributed by atoms with Crippen LogP contribution >= 0.6 is 11.6 Å². The van der Waals surface area contributed by atoms with Crippen LogP contribution in [-0.4, -0.2) is 13.4 Å². The van der Waals surface area contributed by atoms with Crippen molar-refractivity contribution < 1.29 is 8.42 Å². The molecule has 1 heterocycles. The molecule has 0 aliphatic carbocycles. The highest BCUT2D eigenvalue weighted by Crippen LogP contribution is 2.23. The lowest BCUT2D eigenvalue weighted by Gasteiger charge is -2.10. The van der Waals surface area contributed by atoms with Crippen molar-refractivity contribution in [1.29, 1.82) is 0 Å². The highest BCUT2D eigenvalue weighted by atomic mass is 35.5. The van der Waals surface area contributed by atoms with Crippen LogP contribution in [0.15, 0.2) is 41.4 Å². The minimum atomic E-state index is -3.65. The normalized spacial score (nSPS) is 11.3. The van der Waals surface area contributed by atoms with E-state index in [1.807, 2.05) is 19.9 Å². The number of benzene rings is 1. The largest absolute Gasteiger partial charge is 0.276 e. The molecule has 1 aromatic carbocycles. The summed E-state index contributed by atoms with van der Waals surface area (Å²) in [6.45, 7) is 3.65. The van der Waals surface area contributed by atoms with Crippen molar-refractivity contribution in [3.05, 3.63) is 52.8 Å². The molecule has 0 fully saturated rings. The molecule has 0 atom stereocenters. The average molecular weight is 297 g/mol. The highest BCUT2D eigenvalue weighted by Gasteiger charge is 2.16. The van der Waals surface area contributed by atoms with Gasteiger partial charge in [0.1, 0.15) is 0 Å². The van der Waals surface area contributed by atoms with E-state index >= 15 is 0 Å². The zero-order valence-electron chi connectivity index (χ0n) is 10.5. The zero-order chi connectivity index (χ0) is 14.0. The Morgan fingerprint density at radius 3 is 2.58 bits per heavy atom. The first-order valence-corrected chi connectivity index (χ1v) is 7.46. The van der Waals surface area contributed by atoms with E-state index in [4.69, 9.17) is 11.6 Å². The monoisotopic (exact) mass is 296 g/mol. The lowest BCUT2D eigenvalue weighted by molar-refractivity contribution is 0.601. The van der Waals surface area contributed by atoms with Gasteiger partial charge in [0.15, 0.2) is 5.15 Å². The fourth-order valence-corrected chi connectivity index (χ4v) is 2.98. The molecule has 0 saturated heterocycles. The van der Waals surface area contributed by atoms with E-state index in [1.165, 1.54) is 6.07 Å². The number of pyridine rings is 1. The summed E-state index contributed by atoms with van der Waals surface area (Å²) in [5.74, 6) is 0. The van der Waals surface area contributed by atoms with E-state index in [1.54, 1.807) is 24.4 Å². The maximum absolute atomic E-state index is 12.2. The molecule has 0 amide bonds. The van der Waals surface area contributed by atoms with E-state index in [9.17, 15) is 8.42 Å². The van der Waals surface area contributed by atoms with Crippen molar-refractivity contribution in [2.24, 2.45) is 0 Å². The summed E-state index contributed by atoms with van der Waals surface area (Å²) >= 11 is 5.88. The van der Waals surface area contributed by atoms with Crippen molar-refractivity contribution >= 4 is 27.3 Å². The third-order valence-corrected chi connectivity index (χ3v) is 4.18. The molecular formula is C13H13ClN2O2S. The number of sulfonamides is 1. The van der Waals surface area contributed by atoms with Crippen LogP contribution in [0.1, 0.15) is 11.1 Å². The molecule has 1 aromatic heterocycles. The van der Waals surface area contributed by atoms with E-state index in [0.29, 0.717) is 0 Å². The molecule has 0 spiro atoms. The molecule has 0 saturated carbocycles. The van der Waals surface area contributed by atoms with Gasteiger partial charge in [-0.3, -0.25) is 4.72 Å². The Morgan fingerprint density at radius 1 is 1.16 bits per heavy atom. The van der Waals surface area contributed by atoms with Gasteiger partial charge in [-0.05, 0) is 43.2 Å². The Bertz CT molecular complexity index is 714. The number of hydrogen-bond acceptors (Lipinski definition) is 3. The molecule has 100 valence electrons. The molecule has 19 heavy (non-hydrogen) atoms. The molecule has 4 nitrogen and oxygen atoms in total. The van der Waals surface area contributed by atoms with Crippen LogP contribution in [0.4, 0.5) is 5.69 Å². The molecule has 0 aliphatic rings. The van der Waals surface area contributed by atoms with Gasteiger partial charge in [0, 0.05) is 6.20 Å². The third kappa shape index (κ3) is 3.24. The van der Waals surface area contributed by atoms with Gasteiger partial charge in [-0.1, -0.05) is 23.7 Å². The number of halogens is 1. The average Bonchev–Trinajstić information content (AvgIpc) is 2.33. The van der Waals surface area contributed by atoms with Crippen LogP contribution in [0, 0.1) is 13.8 Å². The molecule has 0 bridgehead atoms. The highest BCUT2D eigenvalue weighted by molar-refractivity contribution is 7.92. The maximum Gasteiger partial charge on any atom is 0.262 e. The van der Waals surface area contributed by atoms with Crippen molar-refractivity contribution in [2.75, 3.05) is 4.72 Å². The smallest absolute Gasteiger partial charge is 0.262 e. The van der Waals surface area contributed by atoms with E-state index in [-0.39, 0.29) is 15.7 Å². The van der Waals surface area contributed by atoms with E-state index < -0.39 is 10.0 Å². The predicted octanol–water partition coefficient (Wildman–Crippen LogP) is 3.15. The minimum absolute atomic E-state index is 0.127. The van der Waals surface area contributed by atoms with Gasteiger partial charge in [-0.25, -0.2) is 13.4 Å². The van der Waals surface area contributed by atoms with E-state index in [2.05, 4.69) is 9.71 Å². The van der Waals surface area contributed by atoms with Crippen LogP contribution in [-0.2, 0) is 10.0 Å². The fraction of sp³-hybridized carbons (Fsp3) is 0.154. The zero-order valence-corrected chi connectivity index (χ0v) is 12.1. The topological polar surface area (TPSA) is 59.1 Å². The summed E-state index contributed by atoms with van der Waals surface area (Å²) in [7, 11) is -3.65. The maximum atomic E-state index is 12.2. The fourth-order valence-electron chi connectivity index (χ4n) is 1.61. The van der Waals surface area contributed by atoms with Crippen LogP contribution in [0.3, 0.4) is 0 Å². The molecule has 0 unspecified atom stereocenters. The summed E-state index contributed by atoms with van der Waals surface area (Å²) in [5.41, 5.74) is 1.98. The predicted molar refractivity (Wildman–Crippen MR) is 76.0 cm³/mol. The number of hydrogen-bond donors (Lipinski definition) is 1. The second-order valence-electron chi connectivity index (χ2n) is 4.27. The number of aromatic nitrogens is 1. The van der Waals surface area contributed by atoms with Crippen LogP contribution in [0.2, 0.25) is 5.15 Å². The summed E-state index contributed by atoms with van der Waals surface area (Å²) in [5, 5.41) is 0.127. The Kier molecular flexibility index (Phi) is 3.78. The Balaban J connectivity index is 2.39. The standard InChI is InChI=1S/C13H13ClN2O2S/c1-9-4-3-5-11(6-9)19(17,18)16-12-7-10(2)8-15-13(12)14/h3-8,16H,1-2H3. The minimum Gasteiger partial charge on any atom is -0.276 e. The molecular weight excluding hydrogens is 284 g/mol. The first-order chi connectivity index (χ1) is 8.88. The lowest BCUT2D eigenvalue weighted by atomic mass is 10.2. The quantitative estimate of drug-likeness (QED) is 0.885. The van der Waals surface area contributed by atoms with E-state index in [0.717, 1.165) is 11.1 Å². The second kappa shape index (κ2) is 5.19. The van der Waals surface area contributed by atoms with Crippen LogP contribution < -0.4 is 4.72 Å². The summed E-state index contributed by atoms with van der Waals surface area (Å²) < 4.78 is 26.9. The van der Waals surface area contributed by atoms with Gasteiger partial charge in [0.05, 0.1) is 10.6 Å². The summed E-state index contributed by atoms with van der Waals surface area (Å²) in [6, 6.07) is 8.30. The van der Waals surface area contributed by atoms with Crippen molar-refractivity contribution in [3.63, 3.8) is 0 Å². The SMILES string of the molecule is Cc1cccc(S(=O)(=O)Nc2cc(C)cnc2Cl)c1. The van der Waals surface area contributed by atoms with Gasteiger partial charge < -0.3 is 0 Å². The number of rotatable bonds is 3. The van der Waals surface area contributed by atoms with Gasteiger partial charge >= 0.3 is 0 Å². The van der Waals surface area contributed by atoms with Crippen molar-refractivity contribution in [1.82, 2.24) is 4.98 Å². The first-order valence-electron chi connectivity index (χ1n) is 5.60. The summed E-state index contributed by atoms with van der Waals surface area (Å²) in [4.78, 5) is 4.11. The van der Waals surface area contributed by atoms with Crippen LogP contribution in [0.25, 0.3) is 0 Å². The molecule has 0 aliphatic heterocycles. The number of nitrogens with one attached hydrogen (secondary N) is 1. The Hall–Kier alpha value is -1.59. The third-order valence-electron chi connectivity index (χ3n) is 2.52. The Morgan fingerprint density at radius 2 is 1.89 bits per heavy atom. The van der Waals surface area contributed by atoms with Gasteiger partial charge in [0.25, 0.3) is 10.0 Å². The summed E-state index contributed by atoms with van der Waals surface area (Å²) in [6.07, 6.45) is 1.58. The Labute approximate surface area is 117 Å². The molecule has 6 heteroatoms. The molecule has 1 N–H and O–H groups in total. The van der Waals surface area contributed by atoms with Crippen LogP contribution in [0.5, 0.6) is 0 Å². The van der Waals surface area contributed by atoms with Crippen molar-refractivity contribution in [2.45, 2.75) is 18.7 Å². The molecule has 2 aromatic rings. The number of nitrogens with zero attached hydrogens (tertiary/aromatic N) is 1. The van der Waals surface area contributed by atoms with Crippen molar-refractivity contribution in [3.8, 4) is 0 Å². The molecule has 2 rings (SSSR count). The number of anilines is 1.